The average molecular weight is 1380 g/mol. The van der Waals surface area contributed by atoms with Crippen molar-refractivity contribution < 1.29 is 92.1 Å². The second kappa shape index (κ2) is 33.6. The highest BCUT2D eigenvalue weighted by molar-refractivity contribution is 6.24. The van der Waals surface area contributed by atoms with Crippen LogP contribution in [0, 0.1) is 42.4 Å². The van der Waals surface area contributed by atoms with E-state index in [-0.39, 0.29) is 106 Å². The van der Waals surface area contributed by atoms with Crippen LogP contribution >= 0.6 is 0 Å². The molecule has 0 radical (unpaired) electrons. The summed E-state index contributed by atoms with van der Waals surface area (Å²) in [5, 5.41) is 76.7. The second-order valence-electron chi connectivity index (χ2n) is 27.3. The molecule has 27 heteroatoms. The molecular weight excluding hydrogens is 1280 g/mol. The van der Waals surface area contributed by atoms with E-state index in [1.807, 2.05) is 12.1 Å². The second-order valence-corrected chi connectivity index (χ2v) is 27.3. The van der Waals surface area contributed by atoms with Gasteiger partial charge in [-0.3, -0.25) is 48.3 Å². The Hall–Kier alpha value is -9.18. The molecule has 5 heterocycles. The first-order valence-electron chi connectivity index (χ1n) is 33.7. The topological polar surface area (TPSA) is 385 Å². The van der Waals surface area contributed by atoms with Crippen molar-refractivity contribution in [2.24, 2.45) is 46.3 Å². The summed E-state index contributed by atoms with van der Waals surface area (Å²) in [6, 6.07) is 5.71. The number of fused-ring (bicyclic) bond motifs is 14. The maximum Gasteiger partial charge on any atom is 0.312 e. The van der Waals surface area contributed by atoms with Gasteiger partial charge in [0.1, 0.15) is 29.9 Å². The number of quaternary nitrogens is 1. The number of hydrogen-bond donors (Lipinski definition) is 10. The number of urea groups is 1. The van der Waals surface area contributed by atoms with Crippen molar-refractivity contribution in [3.63, 3.8) is 0 Å². The number of hydrazone groups is 1. The molecule has 8 rings (SSSR count). The van der Waals surface area contributed by atoms with Gasteiger partial charge in [-0.05, 0) is 63.7 Å². The number of esters is 1. The number of aliphatic hydroxyl groups is 2. The smallest absolute Gasteiger partial charge is 0.312 e. The van der Waals surface area contributed by atoms with E-state index >= 15 is 0 Å². The lowest BCUT2D eigenvalue weighted by atomic mass is 9.78. The number of unbranched alkanes of at least 4 members (excludes halogenated alkanes) is 2. The number of phenolic OH excluding ortho intramolecular Hbond substituents is 3. The molecule has 5 bridgehead atoms. The molecule has 1 saturated heterocycles. The predicted octanol–water partition coefficient (Wildman–Crippen LogP) is 6.64. The summed E-state index contributed by atoms with van der Waals surface area (Å²) in [7, 11) is 3.50. The first-order valence-corrected chi connectivity index (χ1v) is 33.7. The Morgan fingerprint density at radius 1 is 0.879 bits per heavy atom. The summed E-state index contributed by atoms with van der Waals surface area (Å²) < 4.78 is 24.5. The quantitative estimate of drug-likeness (QED) is 0.00904. The molecule has 5 aliphatic rings. The Morgan fingerprint density at radius 2 is 1.55 bits per heavy atom. The zero-order valence-corrected chi connectivity index (χ0v) is 58.6. The van der Waals surface area contributed by atoms with Gasteiger partial charge in [0.05, 0.1) is 92.3 Å². The number of primary amides is 1. The molecule has 27 nitrogen and oxygen atoms in total. The number of ketones is 2. The summed E-state index contributed by atoms with van der Waals surface area (Å²) in [4.78, 5) is 119. The van der Waals surface area contributed by atoms with Crippen LogP contribution < -0.4 is 31.7 Å². The summed E-state index contributed by atoms with van der Waals surface area (Å²) in [5.41, 5.74) is 6.01. The maximum atomic E-state index is 14.8. The van der Waals surface area contributed by atoms with Gasteiger partial charge >= 0.3 is 17.8 Å². The number of phenols is 3. The van der Waals surface area contributed by atoms with Gasteiger partial charge in [0.25, 0.3) is 23.5 Å². The van der Waals surface area contributed by atoms with Crippen LogP contribution in [-0.2, 0) is 54.3 Å². The number of carbonyl (C=O) groups excluding carboxylic acids is 9. The van der Waals surface area contributed by atoms with Crippen molar-refractivity contribution in [2.45, 2.75) is 157 Å². The first kappa shape index (κ1) is 77.2. The van der Waals surface area contributed by atoms with Gasteiger partial charge in [0.2, 0.25) is 11.8 Å². The number of imide groups is 1. The third-order valence-corrected chi connectivity index (χ3v) is 19.3. The van der Waals surface area contributed by atoms with Crippen LogP contribution in [0.5, 0.6) is 23.0 Å². The number of amides is 7. The van der Waals surface area contributed by atoms with E-state index in [9.17, 15) is 68.7 Å². The van der Waals surface area contributed by atoms with E-state index in [0.29, 0.717) is 68.6 Å². The third-order valence-electron chi connectivity index (χ3n) is 19.3. The van der Waals surface area contributed by atoms with Crippen LogP contribution in [0.1, 0.15) is 134 Å². The number of nitrogens with two attached hydrogens (primary N) is 1. The summed E-state index contributed by atoms with van der Waals surface area (Å²) in [6.45, 7) is 18.8. The first-order chi connectivity index (χ1) is 46.7. The number of aliphatic hydroxyl groups excluding tert-OH is 2. The number of hydrogen-bond acceptors (Lipinski definition) is 20. The molecule has 11 N–H and O–H groups in total. The molecule has 0 aromatic heterocycles. The summed E-state index contributed by atoms with van der Waals surface area (Å²) in [6.07, 6.45) is 8.96. The number of piperazine rings is 1. The van der Waals surface area contributed by atoms with E-state index in [1.165, 1.54) is 71.6 Å². The highest BCUT2D eigenvalue weighted by Gasteiger charge is 2.50. The van der Waals surface area contributed by atoms with Gasteiger partial charge in [-0.1, -0.05) is 78.3 Å². The number of benzene rings is 3. The number of nitrogens with one attached hydrogen (secondary N) is 4. The Labute approximate surface area is 577 Å². The lowest BCUT2D eigenvalue weighted by Gasteiger charge is -2.41. The van der Waals surface area contributed by atoms with Crippen LogP contribution in [-0.4, -0.2) is 189 Å². The predicted molar refractivity (Wildman–Crippen MR) is 369 cm³/mol. The number of ether oxygens (including phenoxy) is 4. The van der Waals surface area contributed by atoms with E-state index in [1.54, 1.807) is 70.8 Å². The third kappa shape index (κ3) is 18.8. The molecule has 11 atom stereocenters. The number of anilines is 2. The number of allylic oxidation sites excluding steroid dienone is 2. The minimum Gasteiger partial charge on any atom is -0.507 e. The van der Waals surface area contributed by atoms with Crippen molar-refractivity contribution in [3.8, 4) is 23.0 Å². The lowest BCUT2D eigenvalue weighted by molar-refractivity contribution is -0.926. The fourth-order valence-corrected chi connectivity index (χ4v) is 13.1. The molecule has 3 aromatic carbocycles. The Balaban J connectivity index is 1.08. The Kier molecular flexibility index (Phi) is 26.2. The molecule has 5 aliphatic heterocycles. The molecule has 99 heavy (non-hydrogen) atoms. The number of nitrogens with zero attached hydrogens (tertiary/aromatic N) is 4. The molecule has 0 spiro atoms. The van der Waals surface area contributed by atoms with E-state index in [4.69, 9.17) is 29.8 Å². The van der Waals surface area contributed by atoms with Crippen molar-refractivity contribution >= 4 is 81.5 Å². The molecule has 0 aliphatic carbocycles. The molecule has 1 fully saturated rings. The van der Waals surface area contributed by atoms with Crippen LogP contribution in [0.25, 0.3) is 10.8 Å². The SMILES string of the molecule is CO[C@H]1/C=C/O[C@@]2(C)Oc3c(C)c(O)c4c(O)c(c(/C=N/N5CC[N+](C)(Cc6ccc(NC(=O)[C@H](CCCNC(N)=O)CC(=O)[C@@H](NC(=O)CCCCCN7C(=O)C=CC7=O)C(C)C)cc6)CC5)c(O)c4c3C2=O)NC(=O)/C(C)=C\C=C\[C@H](C)[C@H](O)[C@@H](C)[C@@H](O)[C@@H](C)[C@H](OC(C)=O)[C@@H]1C. The van der Waals surface area contributed by atoms with Gasteiger partial charge < -0.3 is 76.0 Å². The minimum atomic E-state index is -2.13. The zero-order chi connectivity index (χ0) is 73.0. The molecule has 0 saturated carbocycles. The molecule has 538 valence electrons. The van der Waals surface area contributed by atoms with Crippen LogP contribution in [0.15, 0.2) is 77.7 Å². The van der Waals surface area contributed by atoms with Crippen LogP contribution in [0.4, 0.5) is 16.2 Å². The molecule has 0 unspecified atom stereocenters. The largest absolute Gasteiger partial charge is 0.507 e. The summed E-state index contributed by atoms with van der Waals surface area (Å²) >= 11 is 0. The number of rotatable bonds is 23. The normalized spacial score (nSPS) is 25.4. The fraction of sp³-hybridized carbons (Fsp3) is 0.528. The van der Waals surface area contributed by atoms with E-state index in [0.717, 1.165) is 10.5 Å². The number of likely N-dealkylation sites (N-methyl/N-ethyl adjacent to an activating group) is 1. The Bertz CT molecular complexity index is 3670. The average Bonchev–Trinajstić information content (AvgIpc) is 1.62. The van der Waals surface area contributed by atoms with Crippen molar-refractivity contribution in [2.75, 3.05) is 64.1 Å². The van der Waals surface area contributed by atoms with Crippen LogP contribution in [0.3, 0.4) is 0 Å². The van der Waals surface area contributed by atoms with Gasteiger partial charge in [-0.2, -0.15) is 5.10 Å². The van der Waals surface area contributed by atoms with Crippen molar-refractivity contribution in [1.29, 1.82) is 0 Å². The van der Waals surface area contributed by atoms with E-state index < -0.39 is 113 Å². The van der Waals surface area contributed by atoms with Gasteiger partial charge in [0, 0.05) is 116 Å². The maximum absolute atomic E-state index is 14.8. The van der Waals surface area contributed by atoms with Crippen LogP contribution in [0.2, 0.25) is 0 Å². The fourth-order valence-electron chi connectivity index (χ4n) is 13.1. The lowest BCUT2D eigenvalue weighted by Crippen LogP contribution is -2.55. The number of carbonyl (C=O) groups is 9. The number of aromatic hydroxyl groups is 3. The number of Topliss-reactive ketones (excluding diaryl/α,β-unsaturated/α-hetero) is 2. The molecule has 3 aromatic rings. The van der Waals surface area contributed by atoms with Gasteiger partial charge in [-0.15, -0.1) is 0 Å². The monoisotopic (exact) mass is 1380 g/mol. The number of methoxy groups -OCH3 is 1. The zero-order valence-electron chi connectivity index (χ0n) is 58.6. The molecule has 7 amide bonds. The van der Waals surface area contributed by atoms with E-state index in [2.05, 4.69) is 28.3 Å². The molecular formula is C72H98N9O18+. The highest BCUT2D eigenvalue weighted by atomic mass is 16.7. The van der Waals surface area contributed by atoms with Gasteiger partial charge in [0.15, 0.2) is 11.5 Å². The van der Waals surface area contributed by atoms with Crippen molar-refractivity contribution in [1.82, 2.24) is 20.5 Å². The van der Waals surface area contributed by atoms with Crippen molar-refractivity contribution in [3.05, 3.63) is 94.8 Å². The Morgan fingerprint density at radius 3 is 2.17 bits per heavy atom. The highest BCUT2D eigenvalue weighted by Crippen LogP contribution is 2.55. The summed E-state index contributed by atoms with van der Waals surface area (Å²) in [5.74, 6) is -12.1. The standard InChI is InChI=1S/C72H97N9O18/c1-39(2)59(77-53(84)21-14-13-15-30-80-54(85)26-27-55(80)86)51(83)36-48(20-17-29-74-71(73)95)70(94)76-49-24-22-47(23-25-49)38-81(11)33-31-79(32-34-81)75-37-50-60-65(91)57-56(64(50)90)58-67(45(8)63(57)89)99-72(10,68(58)92)97-35-28-52(96-12)42(5)66(98-46(9)82)44(7)62(88)43(6)61(87)40(3)18-16-19-41(4)69(93)78-60/h16,18-19,22-28,35,37,39-40,42-44,48,52,59,61-62,66,87-88H,13-15,17,20-21,29-34,36,38H2,1-12H3,(H8-,73,74,75,76,77,78,84,85,86,89,90,91,92,93,94,95)/p+1/b18-16+,35-28+,41-19-/t40-,42+,43+,44+,48+,52-,59-,61-,62+,66+,72-/m0/s1. The van der Waals surface area contributed by atoms with Gasteiger partial charge in [-0.25, -0.2) is 4.79 Å². The minimum absolute atomic E-state index is 0.000573.